The second kappa shape index (κ2) is 9.10. The van der Waals surface area contributed by atoms with Gasteiger partial charge in [0.2, 0.25) is 0 Å². The summed E-state index contributed by atoms with van der Waals surface area (Å²) in [6.07, 6.45) is 3.48. The van der Waals surface area contributed by atoms with Gasteiger partial charge in [0.1, 0.15) is 0 Å². The van der Waals surface area contributed by atoms with Crippen LogP contribution in [0.1, 0.15) is 0 Å². The van der Waals surface area contributed by atoms with Gasteiger partial charge < -0.3 is 0 Å². The third kappa shape index (κ3) is 4.32. The molecular formula is C22H16FeN4O2. The number of benzene rings is 1. The van der Waals surface area contributed by atoms with Gasteiger partial charge in [0, 0.05) is 17.7 Å². The number of fused-ring (bicyclic) bond motifs is 1. The summed E-state index contributed by atoms with van der Waals surface area (Å²) in [6, 6.07) is 26.3. The minimum absolute atomic E-state index is 0. The fourth-order valence-corrected chi connectivity index (χ4v) is 2.94. The Hall–Kier alpha value is -3.54. The average molecular weight is 424 g/mol. The minimum Gasteiger partial charge on any atom is -0.258 e. The van der Waals surface area contributed by atoms with Crippen LogP contribution in [0.2, 0.25) is 0 Å². The fraction of sp³-hybridized carbons (Fsp3) is 0. The molecule has 0 fully saturated rings. The maximum Gasteiger partial charge on any atom is 2.00 e. The van der Waals surface area contributed by atoms with Crippen molar-refractivity contribution in [2.75, 3.05) is 0 Å². The maximum atomic E-state index is 10.8. The van der Waals surface area contributed by atoms with Crippen LogP contribution in [0.4, 0.5) is 5.69 Å². The molecule has 0 radical (unpaired) electrons. The van der Waals surface area contributed by atoms with Crippen molar-refractivity contribution in [1.82, 2.24) is 14.6 Å². The van der Waals surface area contributed by atoms with Gasteiger partial charge in [-0.1, -0.05) is 11.6 Å². The topological polar surface area (TPSA) is 73.3 Å². The Morgan fingerprint density at radius 3 is 2.28 bits per heavy atom. The Balaban J connectivity index is 0.000000352. The Morgan fingerprint density at radius 2 is 1.69 bits per heavy atom. The van der Waals surface area contributed by atoms with Crippen LogP contribution < -0.4 is 0 Å². The summed E-state index contributed by atoms with van der Waals surface area (Å²) in [5.74, 6) is 0. The van der Waals surface area contributed by atoms with Gasteiger partial charge >= 0.3 is 17.1 Å². The molecular weight excluding hydrogens is 408 g/mol. The molecule has 0 amide bonds. The monoisotopic (exact) mass is 424 g/mol. The van der Waals surface area contributed by atoms with E-state index in [-0.39, 0.29) is 22.8 Å². The van der Waals surface area contributed by atoms with Crippen molar-refractivity contribution in [1.29, 1.82) is 0 Å². The Morgan fingerprint density at radius 1 is 1.00 bits per heavy atom. The van der Waals surface area contributed by atoms with Crippen LogP contribution in [0.15, 0.2) is 97.3 Å². The van der Waals surface area contributed by atoms with Crippen molar-refractivity contribution in [2.45, 2.75) is 0 Å². The number of rotatable bonds is 3. The molecule has 2 heterocycles. The zero-order chi connectivity index (χ0) is 19.3. The van der Waals surface area contributed by atoms with Crippen molar-refractivity contribution in [3.8, 4) is 22.4 Å². The zero-order valence-electron chi connectivity index (χ0n) is 15.2. The van der Waals surface area contributed by atoms with E-state index in [0.29, 0.717) is 0 Å². The summed E-state index contributed by atoms with van der Waals surface area (Å²) in [6.45, 7) is 0. The predicted octanol–water partition coefficient (Wildman–Crippen LogP) is 5.09. The Kier molecular flexibility index (Phi) is 6.34. The molecule has 2 aromatic heterocycles. The van der Waals surface area contributed by atoms with Crippen molar-refractivity contribution in [3.63, 3.8) is 0 Å². The molecule has 0 spiro atoms. The van der Waals surface area contributed by atoms with Gasteiger partial charge in [0.05, 0.1) is 11.1 Å². The van der Waals surface area contributed by atoms with Crippen LogP contribution in [0.25, 0.3) is 28.0 Å². The predicted molar refractivity (Wildman–Crippen MR) is 108 cm³/mol. The smallest absolute Gasteiger partial charge is 0.258 e. The third-order valence-corrected chi connectivity index (χ3v) is 4.30. The Labute approximate surface area is 177 Å². The van der Waals surface area contributed by atoms with Crippen molar-refractivity contribution in [2.24, 2.45) is 0 Å². The summed E-state index contributed by atoms with van der Waals surface area (Å²) in [5.41, 5.74) is 4.49. The first-order valence-electron chi connectivity index (χ1n) is 8.70. The van der Waals surface area contributed by atoms with Crippen LogP contribution in [0, 0.1) is 10.1 Å². The largest absolute Gasteiger partial charge is 2.00 e. The Bertz CT molecular complexity index is 1160. The van der Waals surface area contributed by atoms with Crippen LogP contribution in [0.3, 0.4) is 0 Å². The molecule has 3 aromatic carbocycles. The van der Waals surface area contributed by atoms with Crippen molar-refractivity contribution < 1.29 is 22.0 Å². The number of nitrogens with zero attached hydrogens (tertiary/aromatic N) is 4. The number of hydrogen-bond acceptors (Lipinski definition) is 4. The summed E-state index contributed by atoms with van der Waals surface area (Å²) in [7, 11) is 0. The van der Waals surface area contributed by atoms with Gasteiger partial charge in [-0.25, -0.2) is 21.6 Å². The van der Waals surface area contributed by atoms with Crippen LogP contribution in [0.5, 0.6) is 0 Å². The molecule has 0 bridgehead atoms. The van der Waals surface area contributed by atoms with Gasteiger partial charge in [-0.05, 0) is 29.6 Å². The molecule has 0 aliphatic rings. The van der Waals surface area contributed by atoms with E-state index in [9.17, 15) is 10.1 Å². The normalized spacial score (nSPS) is 10.1. The van der Waals surface area contributed by atoms with E-state index in [1.54, 1.807) is 29.0 Å². The van der Waals surface area contributed by atoms with Crippen LogP contribution >= 0.6 is 0 Å². The SMILES string of the molecule is O=[N+]([O-])c1ccc(-c2cnn3c(-[c-]4cccc4)ccnc23)cc1.[Fe+2].c1cc[cH-]c1. The van der Waals surface area contributed by atoms with Gasteiger partial charge in [-0.15, -0.1) is 12.1 Å². The van der Waals surface area contributed by atoms with Crippen molar-refractivity contribution in [3.05, 3.63) is 107 Å². The molecule has 6 nitrogen and oxygen atoms in total. The summed E-state index contributed by atoms with van der Waals surface area (Å²) in [4.78, 5) is 14.8. The molecule has 0 atom stereocenters. The molecule has 0 unspecified atom stereocenters. The van der Waals surface area contributed by atoms with Gasteiger partial charge in [-0.2, -0.15) is 35.4 Å². The first-order valence-corrected chi connectivity index (χ1v) is 8.70. The van der Waals surface area contributed by atoms with E-state index in [4.69, 9.17) is 0 Å². The molecule has 0 aliphatic heterocycles. The third-order valence-electron chi connectivity index (χ3n) is 4.30. The van der Waals surface area contributed by atoms with E-state index in [0.717, 1.165) is 28.0 Å². The molecule has 144 valence electrons. The van der Waals surface area contributed by atoms with Gasteiger partial charge in [0.25, 0.3) is 5.69 Å². The summed E-state index contributed by atoms with van der Waals surface area (Å²) in [5, 5.41) is 15.2. The number of hydrogen-bond donors (Lipinski definition) is 0. The van der Waals surface area contributed by atoms with Crippen LogP contribution in [-0.4, -0.2) is 19.5 Å². The minimum atomic E-state index is -0.411. The van der Waals surface area contributed by atoms with E-state index >= 15 is 0 Å². The molecule has 0 saturated heterocycles. The molecule has 0 N–H and O–H groups in total. The first kappa shape index (κ1) is 20.2. The number of nitro groups is 1. The molecule has 29 heavy (non-hydrogen) atoms. The molecule has 7 heteroatoms. The van der Waals surface area contributed by atoms with E-state index in [2.05, 4.69) is 10.1 Å². The number of nitro benzene ring substituents is 1. The second-order valence-corrected chi connectivity index (χ2v) is 6.06. The average Bonchev–Trinajstić information content (AvgIpc) is 3.51. The molecule has 5 rings (SSSR count). The standard InChI is InChI=1S/C17H11N4O2.C5H5.Fe/c22-21(23)14-7-5-12(6-8-14)15-11-19-20-16(9-10-18-17(15)20)13-3-1-2-4-13;1-2-4-5-3-1;/h1-11H;1-5H;/q2*-1;+2. The summed E-state index contributed by atoms with van der Waals surface area (Å²) >= 11 is 0. The van der Waals surface area contributed by atoms with Crippen molar-refractivity contribution >= 4 is 11.3 Å². The number of aromatic nitrogens is 3. The van der Waals surface area contributed by atoms with Crippen LogP contribution in [-0.2, 0) is 17.1 Å². The molecule has 5 aromatic rings. The van der Waals surface area contributed by atoms with E-state index < -0.39 is 4.92 Å². The first-order chi connectivity index (χ1) is 13.7. The number of non-ortho nitro benzene ring substituents is 1. The van der Waals surface area contributed by atoms with Gasteiger partial charge in [-0.3, -0.25) is 10.1 Å². The van der Waals surface area contributed by atoms with E-state index in [1.807, 2.05) is 60.7 Å². The van der Waals surface area contributed by atoms with E-state index in [1.165, 1.54) is 12.1 Å². The molecule has 0 aliphatic carbocycles. The maximum absolute atomic E-state index is 10.8. The molecule has 0 saturated carbocycles. The quantitative estimate of drug-likeness (QED) is 0.175. The second-order valence-electron chi connectivity index (χ2n) is 6.06. The fourth-order valence-electron chi connectivity index (χ4n) is 2.94. The van der Waals surface area contributed by atoms with Gasteiger partial charge in [0.15, 0.2) is 5.65 Å². The zero-order valence-corrected chi connectivity index (χ0v) is 16.3. The summed E-state index contributed by atoms with van der Waals surface area (Å²) < 4.78 is 1.78.